The van der Waals surface area contributed by atoms with E-state index in [0.29, 0.717) is 17.6 Å². The first-order chi connectivity index (χ1) is 8.12. The fourth-order valence-corrected chi connectivity index (χ4v) is 2.65. The van der Waals surface area contributed by atoms with Crippen LogP contribution in [0.15, 0.2) is 12.1 Å². The normalized spacial score (nSPS) is 14.0. The zero-order valence-corrected chi connectivity index (χ0v) is 13.0. The quantitative estimate of drug-likeness (QED) is 0.781. The van der Waals surface area contributed by atoms with E-state index in [1.165, 1.54) is 12.0 Å². The Bertz CT molecular complexity index is 387. The van der Waals surface area contributed by atoms with E-state index < -0.39 is 0 Å². The van der Waals surface area contributed by atoms with Gasteiger partial charge in [0.25, 0.3) is 0 Å². The van der Waals surface area contributed by atoms with E-state index in [4.69, 9.17) is 0 Å². The first-order valence-corrected chi connectivity index (χ1v) is 6.93. The highest BCUT2D eigenvalue weighted by Gasteiger charge is 2.27. The van der Waals surface area contributed by atoms with Crippen LogP contribution in [0.3, 0.4) is 0 Å². The van der Waals surface area contributed by atoms with Crippen LogP contribution in [0.2, 0.25) is 0 Å². The lowest BCUT2D eigenvalue weighted by molar-refractivity contribution is 0.279. The molecular formula is C17H28O. The average Bonchev–Trinajstić information content (AvgIpc) is 2.20. The number of hydrogen-bond acceptors (Lipinski definition) is 1. The molecule has 1 aromatic carbocycles. The fourth-order valence-electron chi connectivity index (χ4n) is 2.65. The lowest BCUT2D eigenvalue weighted by atomic mass is 9.72. The molecule has 0 fully saturated rings. The summed E-state index contributed by atoms with van der Waals surface area (Å²) >= 11 is 0. The van der Waals surface area contributed by atoms with Crippen molar-refractivity contribution in [3.63, 3.8) is 0 Å². The highest BCUT2D eigenvalue weighted by Crippen LogP contribution is 2.41. The van der Waals surface area contributed by atoms with E-state index in [-0.39, 0.29) is 5.41 Å². The molecule has 1 N–H and O–H groups in total. The SMILES string of the molecule is Cc1cc(C(CC(C)C)C(C)(C)C)cc(C)c1O. The summed E-state index contributed by atoms with van der Waals surface area (Å²) in [5, 5.41) is 9.90. The summed E-state index contributed by atoms with van der Waals surface area (Å²) < 4.78 is 0. The van der Waals surface area contributed by atoms with Crippen LogP contribution >= 0.6 is 0 Å². The van der Waals surface area contributed by atoms with Crippen LogP contribution in [0.1, 0.15) is 63.6 Å². The number of benzene rings is 1. The molecule has 0 aliphatic heterocycles. The summed E-state index contributed by atoms with van der Waals surface area (Å²) in [6, 6.07) is 4.31. The molecule has 0 saturated heterocycles. The summed E-state index contributed by atoms with van der Waals surface area (Å²) in [5.74, 6) is 1.66. The van der Waals surface area contributed by atoms with Crippen molar-refractivity contribution in [2.24, 2.45) is 11.3 Å². The molecular weight excluding hydrogens is 220 g/mol. The van der Waals surface area contributed by atoms with Gasteiger partial charge in [-0.15, -0.1) is 0 Å². The van der Waals surface area contributed by atoms with Crippen LogP contribution in [0.25, 0.3) is 0 Å². The Hall–Kier alpha value is -0.980. The second-order valence-corrected chi connectivity index (χ2v) is 7.05. The van der Waals surface area contributed by atoms with E-state index in [2.05, 4.69) is 46.8 Å². The van der Waals surface area contributed by atoms with Gasteiger partial charge in [0.15, 0.2) is 0 Å². The molecule has 0 aliphatic carbocycles. The molecule has 18 heavy (non-hydrogen) atoms. The molecule has 0 saturated carbocycles. The molecule has 1 unspecified atom stereocenters. The highest BCUT2D eigenvalue weighted by molar-refractivity contribution is 5.43. The van der Waals surface area contributed by atoms with Crippen LogP contribution < -0.4 is 0 Å². The van der Waals surface area contributed by atoms with E-state index >= 15 is 0 Å². The van der Waals surface area contributed by atoms with Gasteiger partial charge < -0.3 is 5.11 Å². The van der Waals surface area contributed by atoms with E-state index in [1.54, 1.807) is 0 Å². The maximum Gasteiger partial charge on any atom is 0.121 e. The van der Waals surface area contributed by atoms with Crippen molar-refractivity contribution >= 4 is 0 Å². The first kappa shape index (κ1) is 15.1. The summed E-state index contributed by atoms with van der Waals surface area (Å²) in [6.45, 7) is 15.4. The number of rotatable bonds is 3. The second kappa shape index (κ2) is 5.34. The predicted octanol–water partition coefficient (Wildman–Crippen LogP) is 5.18. The van der Waals surface area contributed by atoms with E-state index in [0.717, 1.165) is 11.1 Å². The Kier molecular flexibility index (Phi) is 4.47. The van der Waals surface area contributed by atoms with Gasteiger partial charge in [0.1, 0.15) is 5.75 Å². The molecule has 1 nitrogen and oxygen atoms in total. The van der Waals surface area contributed by atoms with Gasteiger partial charge in [0.05, 0.1) is 0 Å². The molecule has 0 bridgehead atoms. The average molecular weight is 248 g/mol. The van der Waals surface area contributed by atoms with E-state index in [9.17, 15) is 5.11 Å². The topological polar surface area (TPSA) is 20.2 Å². The van der Waals surface area contributed by atoms with Gasteiger partial charge >= 0.3 is 0 Å². The Labute approximate surface area is 112 Å². The standard InChI is InChI=1S/C17H28O/c1-11(2)8-15(17(5,6)7)14-9-12(3)16(18)13(4)10-14/h9-11,15,18H,8H2,1-7H3. The minimum absolute atomic E-state index is 0.250. The van der Waals surface area contributed by atoms with Crippen LogP contribution in [-0.2, 0) is 0 Å². The second-order valence-electron chi connectivity index (χ2n) is 7.05. The molecule has 0 heterocycles. The summed E-state index contributed by atoms with van der Waals surface area (Å²) in [4.78, 5) is 0. The third-order valence-corrected chi connectivity index (χ3v) is 3.67. The van der Waals surface area contributed by atoms with Crippen LogP contribution in [0.5, 0.6) is 5.75 Å². The monoisotopic (exact) mass is 248 g/mol. The molecule has 0 amide bonds. The largest absolute Gasteiger partial charge is 0.507 e. The van der Waals surface area contributed by atoms with E-state index in [1.807, 2.05) is 13.8 Å². The molecule has 0 aliphatic rings. The highest BCUT2D eigenvalue weighted by atomic mass is 16.3. The number of aromatic hydroxyl groups is 1. The molecule has 0 spiro atoms. The van der Waals surface area contributed by atoms with Gasteiger partial charge in [-0.1, -0.05) is 46.8 Å². The summed E-state index contributed by atoms with van der Waals surface area (Å²) in [5.41, 5.74) is 3.59. The van der Waals surface area contributed by atoms with Gasteiger partial charge in [0.2, 0.25) is 0 Å². The third kappa shape index (κ3) is 3.51. The minimum atomic E-state index is 0.250. The Balaban J connectivity index is 3.22. The van der Waals surface area contributed by atoms with Crippen LogP contribution in [0.4, 0.5) is 0 Å². The summed E-state index contributed by atoms with van der Waals surface area (Å²) in [6.07, 6.45) is 1.19. The smallest absolute Gasteiger partial charge is 0.121 e. The number of aryl methyl sites for hydroxylation is 2. The maximum atomic E-state index is 9.90. The van der Waals surface area contributed by atoms with Gasteiger partial charge in [-0.3, -0.25) is 0 Å². The zero-order valence-electron chi connectivity index (χ0n) is 13.0. The molecule has 1 aromatic rings. The molecule has 1 atom stereocenters. The Morgan fingerprint density at radius 3 is 1.83 bits per heavy atom. The number of phenols is 1. The Morgan fingerprint density at radius 1 is 1.06 bits per heavy atom. The molecule has 1 rings (SSSR count). The van der Waals surface area contributed by atoms with Crippen molar-refractivity contribution in [2.75, 3.05) is 0 Å². The van der Waals surface area contributed by atoms with Crippen LogP contribution in [0, 0.1) is 25.2 Å². The van der Waals surface area contributed by atoms with Crippen molar-refractivity contribution in [3.8, 4) is 5.75 Å². The minimum Gasteiger partial charge on any atom is -0.507 e. The van der Waals surface area contributed by atoms with Gasteiger partial charge in [-0.05, 0) is 54.2 Å². The number of hydrogen-bond donors (Lipinski definition) is 1. The molecule has 0 radical (unpaired) electrons. The molecule has 0 aromatic heterocycles. The van der Waals surface area contributed by atoms with Crippen molar-refractivity contribution in [2.45, 2.75) is 60.8 Å². The van der Waals surface area contributed by atoms with Crippen LogP contribution in [-0.4, -0.2) is 5.11 Å². The van der Waals surface area contributed by atoms with Gasteiger partial charge in [-0.2, -0.15) is 0 Å². The molecule has 102 valence electrons. The van der Waals surface area contributed by atoms with Crippen molar-refractivity contribution in [3.05, 3.63) is 28.8 Å². The van der Waals surface area contributed by atoms with Gasteiger partial charge in [0, 0.05) is 0 Å². The van der Waals surface area contributed by atoms with Crippen molar-refractivity contribution in [1.82, 2.24) is 0 Å². The Morgan fingerprint density at radius 2 is 1.50 bits per heavy atom. The lowest BCUT2D eigenvalue weighted by Gasteiger charge is -2.33. The van der Waals surface area contributed by atoms with Crippen molar-refractivity contribution in [1.29, 1.82) is 0 Å². The van der Waals surface area contributed by atoms with Crippen molar-refractivity contribution < 1.29 is 5.11 Å². The predicted molar refractivity (Wildman–Crippen MR) is 79.2 cm³/mol. The summed E-state index contributed by atoms with van der Waals surface area (Å²) in [7, 11) is 0. The number of phenolic OH excluding ortho intramolecular Hbond substituents is 1. The lowest BCUT2D eigenvalue weighted by Crippen LogP contribution is -2.20. The van der Waals surface area contributed by atoms with Gasteiger partial charge in [-0.25, -0.2) is 0 Å². The first-order valence-electron chi connectivity index (χ1n) is 6.93. The molecule has 1 heteroatoms. The maximum absolute atomic E-state index is 9.90. The third-order valence-electron chi connectivity index (χ3n) is 3.67. The zero-order chi connectivity index (χ0) is 14.1. The fraction of sp³-hybridized carbons (Fsp3) is 0.647.